The number of hydrogen-bond donors (Lipinski definition) is 0. The van der Waals surface area contributed by atoms with Crippen LogP contribution in [0.15, 0.2) is 11.3 Å². The first-order chi connectivity index (χ1) is 6.91. The molecule has 0 bridgehead atoms. The second kappa shape index (κ2) is 4.23. The third kappa shape index (κ3) is 1.86. The Balaban J connectivity index is 3.00. The van der Waals surface area contributed by atoms with Gasteiger partial charge in [-0.15, -0.1) is 0 Å². The van der Waals surface area contributed by atoms with Crippen LogP contribution in [0.2, 0.25) is 0 Å². The normalized spacial score (nSPS) is 24.6. The van der Waals surface area contributed by atoms with E-state index in [4.69, 9.17) is 11.6 Å². The van der Waals surface area contributed by atoms with E-state index < -0.39 is 11.5 Å². The van der Waals surface area contributed by atoms with Crippen molar-refractivity contribution in [2.45, 2.75) is 26.3 Å². The van der Waals surface area contributed by atoms with Crippen LogP contribution in [0.4, 0.5) is 0 Å². The predicted molar refractivity (Wildman–Crippen MR) is 56.0 cm³/mol. The molecule has 84 valence electrons. The van der Waals surface area contributed by atoms with Gasteiger partial charge in [-0.05, 0) is 19.4 Å². The van der Waals surface area contributed by atoms with E-state index >= 15 is 0 Å². The summed E-state index contributed by atoms with van der Waals surface area (Å²) in [7, 11) is 1.28. The van der Waals surface area contributed by atoms with Crippen LogP contribution in [0.5, 0.6) is 0 Å². The Kier molecular flexibility index (Phi) is 3.39. The molecule has 4 nitrogen and oxygen atoms in total. The smallest absolute Gasteiger partial charge is 0.354 e. The van der Waals surface area contributed by atoms with E-state index in [1.165, 1.54) is 12.0 Å². The Morgan fingerprint density at radius 3 is 2.33 bits per heavy atom. The Labute approximate surface area is 93.8 Å². The van der Waals surface area contributed by atoms with Gasteiger partial charge in [0.15, 0.2) is 0 Å². The molecule has 0 spiro atoms. The number of β-lactam (4-membered cyclic amide) rings is 1. The van der Waals surface area contributed by atoms with Crippen molar-refractivity contribution in [2.75, 3.05) is 7.11 Å². The number of ether oxygens (including phenoxy) is 1. The van der Waals surface area contributed by atoms with Crippen LogP contribution in [-0.4, -0.2) is 29.4 Å². The molecule has 2 unspecified atom stereocenters. The largest absolute Gasteiger partial charge is 0.464 e. The molecule has 0 radical (unpaired) electrons. The lowest BCUT2D eigenvalue weighted by atomic mass is 9.98. The molecule has 0 saturated carbocycles. The Morgan fingerprint density at radius 1 is 1.47 bits per heavy atom. The quantitative estimate of drug-likeness (QED) is 0.238. The van der Waals surface area contributed by atoms with Crippen molar-refractivity contribution < 1.29 is 14.3 Å². The minimum absolute atomic E-state index is 0.142. The fraction of sp³-hybridized carbons (Fsp3) is 0.600. The topological polar surface area (TPSA) is 46.6 Å². The number of amides is 1. The summed E-state index contributed by atoms with van der Waals surface area (Å²) in [6.45, 7) is 5.22. The molecule has 1 heterocycles. The van der Waals surface area contributed by atoms with Gasteiger partial charge in [0.05, 0.1) is 13.0 Å². The molecule has 2 atom stereocenters. The predicted octanol–water partition coefficient (Wildman–Crippen LogP) is 1.50. The van der Waals surface area contributed by atoms with E-state index in [2.05, 4.69) is 4.74 Å². The van der Waals surface area contributed by atoms with Crippen molar-refractivity contribution in [2.24, 2.45) is 5.92 Å². The van der Waals surface area contributed by atoms with Crippen molar-refractivity contribution in [1.82, 2.24) is 4.90 Å². The maximum Gasteiger partial charge on any atom is 0.354 e. The zero-order chi connectivity index (χ0) is 11.7. The molecule has 1 fully saturated rings. The number of hydrogen-bond acceptors (Lipinski definition) is 3. The fourth-order valence-corrected chi connectivity index (χ4v) is 1.78. The minimum Gasteiger partial charge on any atom is -0.464 e. The van der Waals surface area contributed by atoms with Crippen LogP contribution < -0.4 is 0 Å². The van der Waals surface area contributed by atoms with Gasteiger partial charge < -0.3 is 4.74 Å². The number of alkyl halides is 1. The standard InChI is InChI=1S/C10H14ClNO3/c1-5(2)7(10(14)15-4)12-8(11)6(3)9(12)13/h6,8H,1-4H3. The van der Waals surface area contributed by atoms with E-state index in [1.54, 1.807) is 20.8 Å². The molecule has 0 aromatic heterocycles. The van der Waals surface area contributed by atoms with Crippen LogP contribution in [0.25, 0.3) is 0 Å². The second-order valence-corrected chi connectivity index (χ2v) is 4.16. The van der Waals surface area contributed by atoms with Gasteiger partial charge in [-0.2, -0.15) is 0 Å². The zero-order valence-corrected chi connectivity index (χ0v) is 9.96. The summed E-state index contributed by atoms with van der Waals surface area (Å²) >= 11 is 5.96. The van der Waals surface area contributed by atoms with Gasteiger partial charge in [0.25, 0.3) is 0 Å². The number of esters is 1. The first kappa shape index (κ1) is 12.0. The van der Waals surface area contributed by atoms with Gasteiger partial charge in [0.2, 0.25) is 5.91 Å². The van der Waals surface area contributed by atoms with Crippen molar-refractivity contribution in [3.8, 4) is 0 Å². The summed E-state index contributed by atoms with van der Waals surface area (Å²) in [5, 5.41) is 0. The second-order valence-electron chi connectivity index (χ2n) is 3.71. The number of allylic oxidation sites excluding steroid dienone is 1. The van der Waals surface area contributed by atoms with Gasteiger partial charge in [0.1, 0.15) is 11.2 Å². The van der Waals surface area contributed by atoms with Crippen LogP contribution in [0.3, 0.4) is 0 Å². The molecule has 0 N–H and O–H groups in total. The highest BCUT2D eigenvalue weighted by molar-refractivity contribution is 6.26. The molecule has 1 aliphatic heterocycles. The van der Waals surface area contributed by atoms with Crippen LogP contribution in [0, 0.1) is 5.92 Å². The molecule has 1 rings (SSSR count). The molecule has 15 heavy (non-hydrogen) atoms. The molecule has 1 saturated heterocycles. The summed E-state index contributed by atoms with van der Waals surface area (Å²) in [6, 6.07) is 0. The van der Waals surface area contributed by atoms with Crippen molar-refractivity contribution in [3.05, 3.63) is 11.3 Å². The third-order valence-electron chi connectivity index (χ3n) is 2.38. The highest BCUT2D eigenvalue weighted by Crippen LogP contribution is 2.34. The summed E-state index contributed by atoms with van der Waals surface area (Å²) in [5.74, 6) is -0.914. The number of rotatable bonds is 2. The van der Waals surface area contributed by atoms with Crippen molar-refractivity contribution >= 4 is 23.5 Å². The lowest BCUT2D eigenvalue weighted by Crippen LogP contribution is -2.57. The number of nitrogens with zero attached hydrogens (tertiary/aromatic N) is 1. The van der Waals surface area contributed by atoms with E-state index in [0.29, 0.717) is 5.57 Å². The summed E-state index contributed by atoms with van der Waals surface area (Å²) in [5.41, 5.74) is 0.509. The van der Waals surface area contributed by atoms with Gasteiger partial charge >= 0.3 is 5.97 Å². The van der Waals surface area contributed by atoms with E-state index in [0.717, 1.165) is 0 Å². The van der Waals surface area contributed by atoms with Crippen molar-refractivity contribution in [3.63, 3.8) is 0 Å². The average molecular weight is 232 g/mol. The summed E-state index contributed by atoms with van der Waals surface area (Å²) in [4.78, 5) is 24.3. The molecule has 1 aliphatic rings. The Bertz CT molecular complexity index is 334. The van der Waals surface area contributed by atoms with Gasteiger partial charge in [-0.3, -0.25) is 9.69 Å². The first-order valence-corrected chi connectivity index (χ1v) is 5.08. The Morgan fingerprint density at radius 2 is 2.00 bits per heavy atom. The maximum absolute atomic E-state index is 11.5. The first-order valence-electron chi connectivity index (χ1n) is 4.64. The summed E-state index contributed by atoms with van der Waals surface area (Å²) in [6.07, 6.45) is 0. The molecular formula is C10H14ClNO3. The number of methoxy groups -OCH3 is 1. The fourth-order valence-electron chi connectivity index (χ4n) is 1.47. The Hall–Kier alpha value is -1.03. The maximum atomic E-state index is 11.5. The highest BCUT2D eigenvalue weighted by Gasteiger charge is 2.47. The van der Waals surface area contributed by atoms with Crippen LogP contribution in [0.1, 0.15) is 20.8 Å². The average Bonchev–Trinajstić information content (AvgIpc) is 2.22. The lowest BCUT2D eigenvalue weighted by molar-refractivity contribution is -0.152. The highest BCUT2D eigenvalue weighted by atomic mass is 35.5. The number of halogens is 1. The number of carbonyl (C=O) groups is 2. The lowest BCUT2D eigenvalue weighted by Gasteiger charge is -2.42. The third-order valence-corrected chi connectivity index (χ3v) is 2.95. The van der Waals surface area contributed by atoms with E-state index in [1.807, 2.05) is 0 Å². The van der Waals surface area contributed by atoms with Gasteiger partial charge in [-0.25, -0.2) is 4.79 Å². The zero-order valence-electron chi connectivity index (χ0n) is 9.20. The number of likely N-dealkylation sites (tertiary alicyclic amines) is 1. The van der Waals surface area contributed by atoms with Crippen LogP contribution >= 0.6 is 11.6 Å². The number of carbonyl (C=O) groups excluding carboxylic acids is 2. The molecule has 0 aromatic rings. The molecule has 0 aliphatic carbocycles. The van der Waals surface area contributed by atoms with E-state index in [-0.39, 0.29) is 17.5 Å². The minimum atomic E-state index is -0.527. The SMILES string of the molecule is COC(=O)C(=C(C)C)N1C(=O)C(C)C1Cl. The molecule has 5 heteroatoms. The summed E-state index contributed by atoms with van der Waals surface area (Å²) < 4.78 is 4.61. The van der Waals surface area contributed by atoms with Crippen molar-refractivity contribution in [1.29, 1.82) is 0 Å². The molecular weight excluding hydrogens is 218 g/mol. The van der Waals surface area contributed by atoms with Gasteiger partial charge in [0, 0.05) is 0 Å². The van der Waals surface area contributed by atoms with Gasteiger partial charge in [-0.1, -0.05) is 18.5 Å². The van der Waals surface area contributed by atoms with E-state index in [9.17, 15) is 9.59 Å². The van der Waals surface area contributed by atoms with Crippen LogP contribution in [-0.2, 0) is 14.3 Å². The monoisotopic (exact) mass is 231 g/mol. The molecule has 1 amide bonds. The molecule has 0 aromatic carbocycles.